The number of nitrogens with two attached hydrogens (primary N) is 1. The van der Waals surface area contributed by atoms with Gasteiger partial charge in [0.1, 0.15) is 5.76 Å². The predicted molar refractivity (Wildman–Crippen MR) is 44.4 cm³/mol. The first-order valence-corrected chi connectivity index (χ1v) is 3.82. The van der Waals surface area contributed by atoms with E-state index in [1.807, 2.05) is 26.8 Å². The largest absolute Gasteiger partial charge is 0.361 e. The fourth-order valence-corrected chi connectivity index (χ4v) is 0.968. The molecule has 12 heavy (non-hydrogen) atoms. The van der Waals surface area contributed by atoms with E-state index in [2.05, 4.69) is 9.99 Å². The average molecular weight is 170 g/mol. The molecule has 0 aliphatic rings. The van der Waals surface area contributed by atoms with Crippen molar-refractivity contribution in [2.24, 2.45) is 5.90 Å². The van der Waals surface area contributed by atoms with E-state index in [9.17, 15) is 0 Å². The number of hydrogen-bond donors (Lipinski definition) is 1. The van der Waals surface area contributed by atoms with Gasteiger partial charge in [0.05, 0.1) is 12.3 Å². The minimum Gasteiger partial charge on any atom is -0.361 e. The van der Waals surface area contributed by atoms with Crippen molar-refractivity contribution < 1.29 is 9.36 Å². The lowest BCUT2D eigenvalue weighted by molar-refractivity contribution is 0.0935. The minimum absolute atomic E-state index is 0.188. The molecule has 1 aromatic heterocycles. The molecule has 1 rings (SSSR count). The van der Waals surface area contributed by atoms with Crippen molar-refractivity contribution in [2.45, 2.75) is 26.2 Å². The van der Waals surface area contributed by atoms with Crippen molar-refractivity contribution in [3.8, 4) is 0 Å². The molecular formula is C8H14N2O2. The number of aryl methyl sites for hydroxylation is 1. The first kappa shape index (κ1) is 9.22. The summed E-state index contributed by atoms with van der Waals surface area (Å²) in [6.07, 6.45) is 0. The molecule has 1 heterocycles. The van der Waals surface area contributed by atoms with Crippen molar-refractivity contribution >= 4 is 0 Å². The SMILES string of the molecule is Cc1cc(C(C)(C)CON)no1. The minimum atomic E-state index is -0.188. The average Bonchev–Trinajstić information content (AvgIpc) is 2.36. The van der Waals surface area contributed by atoms with E-state index >= 15 is 0 Å². The van der Waals surface area contributed by atoms with Gasteiger partial charge in [-0.25, -0.2) is 5.90 Å². The molecule has 0 saturated carbocycles. The fraction of sp³-hybridized carbons (Fsp3) is 0.625. The lowest BCUT2D eigenvalue weighted by Crippen LogP contribution is -2.26. The Morgan fingerprint density at radius 3 is 2.75 bits per heavy atom. The van der Waals surface area contributed by atoms with Crippen LogP contribution in [0.4, 0.5) is 0 Å². The number of rotatable bonds is 3. The van der Waals surface area contributed by atoms with Crippen molar-refractivity contribution in [1.29, 1.82) is 0 Å². The highest BCUT2D eigenvalue weighted by atomic mass is 16.6. The molecule has 0 saturated heterocycles. The second-order valence-electron chi connectivity index (χ2n) is 3.52. The summed E-state index contributed by atoms with van der Waals surface area (Å²) in [5, 5.41) is 3.90. The Bertz CT molecular complexity index is 255. The third kappa shape index (κ3) is 1.84. The lowest BCUT2D eigenvalue weighted by Gasteiger charge is -2.19. The van der Waals surface area contributed by atoms with Gasteiger partial charge in [0.15, 0.2) is 0 Å². The van der Waals surface area contributed by atoms with E-state index in [0.717, 1.165) is 11.5 Å². The van der Waals surface area contributed by atoms with Gasteiger partial charge in [0.25, 0.3) is 0 Å². The molecule has 0 aromatic carbocycles. The Balaban J connectivity index is 2.81. The van der Waals surface area contributed by atoms with E-state index in [-0.39, 0.29) is 5.41 Å². The van der Waals surface area contributed by atoms with Crippen LogP contribution in [0, 0.1) is 6.92 Å². The zero-order valence-electron chi connectivity index (χ0n) is 7.63. The summed E-state index contributed by atoms with van der Waals surface area (Å²) in [6.45, 7) is 6.28. The lowest BCUT2D eigenvalue weighted by atomic mass is 9.90. The molecule has 0 unspecified atom stereocenters. The summed E-state index contributed by atoms with van der Waals surface area (Å²) >= 11 is 0. The van der Waals surface area contributed by atoms with Crippen LogP contribution in [-0.4, -0.2) is 11.8 Å². The Labute approximate surface area is 71.6 Å². The number of nitrogens with zero attached hydrogens (tertiary/aromatic N) is 1. The van der Waals surface area contributed by atoms with Gasteiger partial charge < -0.3 is 9.36 Å². The van der Waals surface area contributed by atoms with Crippen LogP contribution in [0.25, 0.3) is 0 Å². The summed E-state index contributed by atoms with van der Waals surface area (Å²) in [5.74, 6) is 5.80. The van der Waals surface area contributed by atoms with Gasteiger partial charge in [0.2, 0.25) is 0 Å². The van der Waals surface area contributed by atoms with Crippen LogP contribution in [0.15, 0.2) is 10.6 Å². The Kier molecular flexibility index (Phi) is 2.49. The maximum absolute atomic E-state index is 5.00. The van der Waals surface area contributed by atoms with Crippen LogP contribution in [0.2, 0.25) is 0 Å². The van der Waals surface area contributed by atoms with Crippen LogP contribution in [-0.2, 0) is 10.3 Å². The van der Waals surface area contributed by atoms with Crippen molar-refractivity contribution in [1.82, 2.24) is 5.16 Å². The van der Waals surface area contributed by atoms with Crippen LogP contribution >= 0.6 is 0 Å². The zero-order valence-corrected chi connectivity index (χ0v) is 7.63. The van der Waals surface area contributed by atoms with Gasteiger partial charge >= 0.3 is 0 Å². The van der Waals surface area contributed by atoms with Crippen LogP contribution in [0.3, 0.4) is 0 Å². The summed E-state index contributed by atoms with van der Waals surface area (Å²) in [7, 11) is 0. The Hall–Kier alpha value is -0.870. The molecular weight excluding hydrogens is 156 g/mol. The van der Waals surface area contributed by atoms with E-state index < -0.39 is 0 Å². The van der Waals surface area contributed by atoms with Gasteiger partial charge in [0, 0.05) is 11.5 Å². The Morgan fingerprint density at radius 2 is 2.33 bits per heavy atom. The summed E-state index contributed by atoms with van der Waals surface area (Å²) in [4.78, 5) is 4.59. The normalized spacial score (nSPS) is 12.0. The molecule has 4 nitrogen and oxygen atoms in total. The molecule has 4 heteroatoms. The zero-order chi connectivity index (χ0) is 9.19. The maximum atomic E-state index is 5.00. The van der Waals surface area contributed by atoms with E-state index in [4.69, 9.17) is 10.4 Å². The molecule has 0 aliphatic carbocycles. The van der Waals surface area contributed by atoms with E-state index in [1.54, 1.807) is 0 Å². The summed E-state index contributed by atoms with van der Waals surface area (Å²) in [5.41, 5.74) is 0.678. The van der Waals surface area contributed by atoms with Crippen LogP contribution in [0.1, 0.15) is 25.3 Å². The topological polar surface area (TPSA) is 61.3 Å². The molecule has 0 atom stereocenters. The molecule has 1 aromatic rings. The van der Waals surface area contributed by atoms with Crippen LogP contribution < -0.4 is 5.90 Å². The van der Waals surface area contributed by atoms with Crippen molar-refractivity contribution in [2.75, 3.05) is 6.61 Å². The number of aromatic nitrogens is 1. The second kappa shape index (κ2) is 3.25. The van der Waals surface area contributed by atoms with Crippen molar-refractivity contribution in [3.05, 3.63) is 17.5 Å². The molecule has 0 radical (unpaired) electrons. The first-order chi connectivity index (χ1) is 5.56. The highest BCUT2D eigenvalue weighted by molar-refractivity contribution is 5.14. The third-order valence-electron chi connectivity index (χ3n) is 1.77. The predicted octanol–water partition coefficient (Wildman–Crippen LogP) is 1.15. The van der Waals surface area contributed by atoms with E-state index in [1.165, 1.54) is 0 Å². The number of hydrogen-bond acceptors (Lipinski definition) is 4. The van der Waals surface area contributed by atoms with Crippen molar-refractivity contribution in [3.63, 3.8) is 0 Å². The molecule has 0 spiro atoms. The van der Waals surface area contributed by atoms with E-state index in [0.29, 0.717) is 6.61 Å². The highest BCUT2D eigenvalue weighted by Gasteiger charge is 2.24. The molecule has 68 valence electrons. The third-order valence-corrected chi connectivity index (χ3v) is 1.77. The van der Waals surface area contributed by atoms with Gasteiger partial charge in [-0.1, -0.05) is 19.0 Å². The van der Waals surface area contributed by atoms with Gasteiger partial charge in [-0.2, -0.15) is 0 Å². The maximum Gasteiger partial charge on any atom is 0.133 e. The second-order valence-corrected chi connectivity index (χ2v) is 3.52. The summed E-state index contributed by atoms with van der Waals surface area (Å²) < 4.78 is 4.95. The monoisotopic (exact) mass is 170 g/mol. The quantitative estimate of drug-likeness (QED) is 0.691. The fourth-order valence-electron chi connectivity index (χ4n) is 0.968. The molecule has 0 fully saturated rings. The van der Waals surface area contributed by atoms with Gasteiger partial charge in [-0.15, -0.1) is 0 Å². The standard InChI is InChI=1S/C8H14N2O2/c1-6-4-7(10-12-6)8(2,3)5-11-9/h4H,5,9H2,1-3H3. The van der Waals surface area contributed by atoms with Crippen LogP contribution in [0.5, 0.6) is 0 Å². The molecule has 0 bridgehead atoms. The molecule has 2 N–H and O–H groups in total. The summed E-state index contributed by atoms with van der Waals surface area (Å²) in [6, 6.07) is 1.89. The molecule has 0 aliphatic heterocycles. The first-order valence-electron chi connectivity index (χ1n) is 3.82. The molecule has 0 amide bonds. The van der Waals surface area contributed by atoms with Gasteiger partial charge in [-0.05, 0) is 6.92 Å². The smallest absolute Gasteiger partial charge is 0.133 e. The highest BCUT2D eigenvalue weighted by Crippen LogP contribution is 2.22. The Morgan fingerprint density at radius 1 is 1.67 bits per heavy atom. The van der Waals surface area contributed by atoms with Gasteiger partial charge in [-0.3, -0.25) is 0 Å².